The number of nitrogens with zero attached hydrogens (tertiary/aromatic N) is 1. The summed E-state index contributed by atoms with van der Waals surface area (Å²) in [4.78, 5) is 2.69. The van der Waals surface area contributed by atoms with Gasteiger partial charge in [-0.2, -0.15) is 0 Å². The van der Waals surface area contributed by atoms with Gasteiger partial charge in [0, 0.05) is 0 Å². The molecule has 2 saturated heterocycles. The van der Waals surface area contributed by atoms with Crippen molar-refractivity contribution in [1.82, 2.24) is 10.2 Å². The molecule has 2 heteroatoms. The molecule has 0 aromatic heterocycles. The van der Waals surface area contributed by atoms with Crippen LogP contribution in [0.15, 0.2) is 0 Å². The second-order valence-electron chi connectivity index (χ2n) is 5.80. The average Bonchev–Trinajstić information content (AvgIpc) is 2.55. The van der Waals surface area contributed by atoms with Gasteiger partial charge in [0.15, 0.2) is 0 Å². The highest BCUT2D eigenvalue weighted by Crippen LogP contribution is 2.40. The molecule has 0 bridgehead atoms. The third-order valence-electron chi connectivity index (χ3n) is 4.64. The molecule has 0 radical (unpaired) electrons. The van der Waals surface area contributed by atoms with Crippen LogP contribution in [0.5, 0.6) is 0 Å². The lowest BCUT2D eigenvalue weighted by molar-refractivity contribution is 0.0908. The summed E-state index contributed by atoms with van der Waals surface area (Å²) in [6, 6.07) is 0. The zero-order valence-corrected chi connectivity index (χ0v) is 10.9. The molecular formula is C14H28N2. The monoisotopic (exact) mass is 224 g/mol. The van der Waals surface area contributed by atoms with E-state index in [0.29, 0.717) is 5.41 Å². The number of unbranched alkanes of at least 4 members (excludes halogenated alkanes) is 1. The van der Waals surface area contributed by atoms with Crippen molar-refractivity contribution >= 4 is 0 Å². The highest BCUT2D eigenvalue weighted by atomic mass is 15.1. The van der Waals surface area contributed by atoms with Gasteiger partial charge in [0.25, 0.3) is 0 Å². The highest BCUT2D eigenvalue weighted by molar-refractivity contribution is 4.88. The molecule has 0 aliphatic carbocycles. The molecule has 2 aliphatic rings. The van der Waals surface area contributed by atoms with Gasteiger partial charge in [-0.25, -0.2) is 0 Å². The summed E-state index contributed by atoms with van der Waals surface area (Å²) in [5, 5.41) is 3.55. The van der Waals surface area contributed by atoms with E-state index in [4.69, 9.17) is 0 Å². The van der Waals surface area contributed by atoms with Crippen LogP contribution in [0.25, 0.3) is 0 Å². The molecular weight excluding hydrogens is 196 g/mol. The fourth-order valence-electron chi connectivity index (χ4n) is 3.32. The van der Waals surface area contributed by atoms with Crippen LogP contribution in [0.1, 0.15) is 51.9 Å². The van der Waals surface area contributed by atoms with E-state index in [-0.39, 0.29) is 0 Å². The lowest BCUT2D eigenvalue weighted by Crippen LogP contribution is -2.40. The Balaban J connectivity index is 1.78. The second kappa shape index (κ2) is 6.02. The van der Waals surface area contributed by atoms with Crippen molar-refractivity contribution in [2.24, 2.45) is 5.41 Å². The lowest BCUT2D eigenvalue weighted by Gasteiger charge is -2.41. The molecule has 2 fully saturated rings. The summed E-state index contributed by atoms with van der Waals surface area (Å²) in [6.45, 7) is 8.86. The summed E-state index contributed by atoms with van der Waals surface area (Å²) in [5.41, 5.74) is 0.714. The van der Waals surface area contributed by atoms with Crippen molar-refractivity contribution in [2.75, 3.05) is 32.7 Å². The van der Waals surface area contributed by atoms with Crippen molar-refractivity contribution < 1.29 is 0 Å². The predicted octanol–water partition coefficient (Wildman–Crippen LogP) is 2.64. The van der Waals surface area contributed by atoms with Crippen LogP contribution in [0.2, 0.25) is 0 Å². The second-order valence-corrected chi connectivity index (χ2v) is 5.80. The van der Waals surface area contributed by atoms with Gasteiger partial charge in [0.1, 0.15) is 0 Å². The first-order valence-corrected chi connectivity index (χ1v) is 7.28. The summed E-state index contributed by atoms with van der Waals surface area (Å²) in [7, 11) is 0. The summed E-state index contributed by atoms with van der Waals surface area (Å²) in [5.74, 6) is 0. The van der Waals surface area contributed by atoms with Crippen molar-refractivity contribution in [1.29, 1.82) is 0 Å². The SMILES string of the molecule is CCCCN1CCC2(CCCNCC2)CC1. The first-order chi connectivity index (χ1) is 7.85. The van der Waals surface area contributed by atoms with E-state index in [1.54, 1.807) is 0 Å². The smallest absolute Gasteiger partial charge is 0.00134 e. The number of likely N-dealkylation sites (tertiary alicyclic amines) is 1. The van der Waals surface area contributed by atoms with E-state index in [0.717, 1.165) is 0 Å². The molecule has 1 N–H and O–H groups in total. The van der Waals surface area contributed by atoms with E-state index in [2.05, 4.69) is 17.1 Å². The van der Waals surface area contributed by atoms with Crippen molar-refractivity contribution in [3.63, 3.8) is 0 Å². The Bertz CT molecular complexity index is 185. The Kier molecular flexibility index (Phi) is 4.66. The molecule has 0 aromatic carbocycles. The van der Waals surface area contributed by atoms with E-state index in [1.807, 2.05) is 0 Å². The number of piperidine rings is 1. The van der Waals surface area contributed by atoms with Gasteiger partial charge in [-0.05, 0) is 76.7 Å². The summed E-state index contributed by atoms with van der Waals surface area (Å²) in [6.07, 6.45) is 9.93. The van der Waals surface area contributed by atoms with Crippen LogP contribution >= 0.6 is 0 Å². The molecule has 2 rings (SSSR count). The number of hydrogen-bond acceptors (Lipinski definition) is 2. The number of nitrogens with one attached hydrogen (secondary N) is 1. The Morgan fingerprint density at radius 1 is 1.06 bits per heavy atom. The third kappa shape index (κ3) is 3.21. The van der Waals surface area contributed by atoms with E-state index < -0.39 is 0 Å². The molecule has 16 heavy (non-hydrogen) atoms. The molecule has 2 nitrogen and oxygen atoms in total. The zero-order valence-electron chi connectivity index (χ0n) is 10.9. The Morgan fingerprint density at radius 3 is 2.62 bits per heavy atom. The van der Waals surface area contributed by atoms with Gasteiger partial charge in [0.2, 0.25) is 0 Å². The minimum absolute atomic E-state index is 0.714. The Labute approximate surface area is 101 Å². The normalized spacial score (nSPS) is 26.8. The van der Waals surface area contributed by atoms with Crippen LogP contribution in [-0.4, -0.2) is 37.6 Å². The van der Waals surface area contributed by atoms with Gasteiger partial charge in [-0.1, -0.05) is 13.3 Å². The zero-order chi connectivity index (χ0) is 11.3. The minimum atomic E-state index is 0.714. The van der Waals surface area contributed by atoms with Crippen molar-refractivity contribution in [3.05, 3.63) is 0 Å². The van der Waals surface area contributed by atoms with Crippen LogP contribution in [0, 0.1) is 5.41 Å². The summed E-state index contributed by atoms with van der Waals surface area (Å²) < 4.78 is 0. The quantitative estimate of drug-likeness (QED) is 0.793. The van der Waals surface area contributed by atoms with Crippen molar-refractivity contribution in [3.8, 4) is 0 Å². The van der Waals surface area contributed by atoms with Crippen molar-refractivity contribution in [2.45, 2.75) is 51.9 Å². The minimum Gasteiger partial charge on any atom is -0.317 e. The van der Waals surface area contributed by atoms with Gasteiger partial charge < -0.3 is 10.2 Å². The molecule has 0 atom stereocenters. The molecule has 0 saturated carbocycles. The number of rotatable bonds is 3. The third-order valence-corrected chi connectivity index (χ3v) is 4.64. The van der Waals surface area contributed by atoms with Crippen LogP contribution in [0.3, 0.4) is 0 Å². The molecule has 2 aliphatic heterocycles. The topological polar surface area (TPSA) is 15.3 Å². The maximum absolute atomic E-state index is 3.55. The van der Waals surface area contributed by atoms with Gasteiger partial charge >= 0.3 is 0 Å². The van der Waals surface area contributed by atoms with Crippen LogP contribution < -0.4 is 5.32 Å². The van der Waals surface area contributed by atoms with Gasteiger partial charge in [-0.3, -0.25) is 0 Å². The highest BCUT2D eigenvalue weighted by Gasteiger charge is 2.34. The number of hydrogen-bond donors (Lipinski definition) is 1. The van der Waals surface area contributed by atoms with Gasteiger partial charge in [0.05, 0.1) is 0 Å². The fraction of sp³-hybridized carbons (Fsp3) is 1.00. The molecule has 0 unspecified atom stereocenters. The first-order valence-electron chi connectivity index (χ1n) is 7.28. The molecule has 0 amide bonds. The molecule has 2 heterocycles. The maximum Gasteiger partial charge on any atom is -0.00134 e. The largest absolute Gasteiger partial charge is 0.317 e. The van der Waals surface area contributed by atoms with Gasteiger partial charge in [-0.15, -0.1) is 0 Å². The first kappa shape index (κ1) is 12.4. The molecule has 1 spiro atoms. The van der Waals surface area contributed by atoms with E-state index in [9.17, 15) is 0 Å². The van der Waals surface area contributed by atoms with E-state index in [1.165, 1.54) is 77.7 Å². The predicted molar refractivity (Wildman–Crippen MR) is 69.7 cm³/mol. The summed E-state index contributed by atoms with van der Waals surface area (Å²) >= 11 is 0. The molecule has 94 valence electrons. The fourth-order valence-corrected chi connectivity index (χ4v) is 3.32. The average molecular weight is 224 g/mol. The molecule has 0 aromatic rings. The maximum atomic E-state index is 3.55. The van der Waals surface area contributed by atoms with Crippen LogP contribution in [-0.2, 0) is 0 Å². The Hall–Kier alpha value is -0.0800. The Morgan fingerprint density at radius 2 is 1.88 bits per heavy atom. The van der Waals surface area contributed by atoms with Crippen LogP contribution in [0.4, 0.5) is 0 Å². The standard InChI is InChI=1S/C14H28N2/c1-2-3-11-16-12-7-14(8-13-16)5-4-9-15-10-6-14/h15H,2-13H2,1H3. The van der Waals surface area contributed by atoms with E-state index >= 15 is 0 Å². The lowest BCUT2D eigenvalue weighted by atomic mass is 9.73.